The number of thioether (sulfide) groups is 1. The van der Waals surface area contributed by atoms with Gasteiger partial charge in [0.05, 0.1) is 11.7 Å². The Balaban J connectivity index is 1.97. The molecule has 2 aromatic rings. The summed E-state index contributed by atoms with van der Waals surface area (Å²) in [5.74, 6) is 1.10. The number of rotatable bonds is 7. The summed E-state index contributed by atoms with van der Waals surface area (Å²) in [6.07, 6.45) is 1.01. The Kier molecular flexibility index (Phi) is 6.70. The molecule has 1 N–H and O–H groups in total. The lowest BCUT2D eigenvalue weighted by Crippen LogP contribution is -2.25. The quantitative estimate of drug-likeness (QED) is 0.419. The van der Waals surface area contributed by atoms with Crippen LogP contribution in [0.3, 0.4) is 0 Å². The van der Waals surface area contributed by atoms with E-state index < -0.39 is 0 Å². The molecule has 1 unspecified atom stereocenters. The minimum Gasteiger partial charge on any atom is -0.385 e. The zero-order valence-corrected chi connectivity index (χ0v) is 16.8. The minimum atomic E-state index is 0.209. The van der Waals surface area contributed by atoms with E-state index in [4.69, 9.17) is 4.74 Å². The lowest BCUT2D eigenvalue weighted by atomic mass is 9.97. The van der Waals surface area contributed by atoms with Crippen LogP contribution >= 0.6 is 23.7 Å². The van der Waals surface area contributed by atoms with Crippen LogP contribution in [-0.2, 0) is 4.74 Å². The molecule has 5 heteroatoms. The fourth-order valence-electron chi connectivity index (χ4n) is 3.15. The number of nitrogens with one attached hydrogen (secondary N) is 1. The van der Waals surface area contributed by atoms with Gasteiger partial charge in [-0.3, -0.25) is 0 Å². The van der Waals surface area contributed by atoms with Crippen LogP contribution in [0.15, 0.2) is 52.3 Å². The van der Waals surface area contributed by atoms with Crippen LogP contribution in [0, 0.1) is 0 Å². The average Bonchev–Trinajstić information content (AvgIpc) is 2.74. The maximum Gasteiger partial charge on any atom is 0.0609 e. The Bertz CT molecular complexity index is 708. The van der Waals surface area contributed by atoms with E-state index in [1.54, 1.807) is 7.11 Å². The molecule has 0 spiro atoms. The van der Waals surface area contributed by atoms with Gasteiger partial charge in [0, 0.05) is 30.6 Å². The van der Waals surface area contributed by atoms with Crippen molar-refractivity contribution in [2.24, 2.45) is 0 Å². The molecule has 134 valence electrons. The third-order valence-corrected chi connectivity index (χ3v) is 6.20. The highest BCUT2D eigenvalue weighted by Crippen LogP contribution is 2.43. The number of hydrogen-bond acceptors (Lipinski definition) is 5. The lowest BCUT2D eigenvalue weighted by Gasteiger charge is -2.22. The lowest BCUT2D eigenvalue weighted by molar-refractivity contribution is 0.193. The summed E-state index contributed by atoms with van der Waals surface area (Å²) in [5.41, 5.74) is 3.97. The Hall–Kier alpha value is -1.14. The number of para-hydroxylation sites is 1. The third kappa shape index (κ3) is 4.34. The first-order valence-electron chi connectivity index (χ1n) is 8.74. The number of fused-ring (bicyclic) bond motifs is 2. The Morgan fingerprint density at radius 3 is 2.84 bits per heavy atom. The molecule has 1 atom stereocenters. The van der Waals surface area contributed by atoms with Crippen molar-refractivity contribution in [1.29, 1.82) is 0 Å². The maximum absolute atomic E-state index is 5.20. The van der Waals surface area contributed by atoms with E-state index in [-0.39, 0.29) is 6.04 Å². The van der Waals surface area contributed by atoms with Crippen molar-refractivity contribution in [1.82, 2.24) is 5.32 Å². The molecular formula is C20H26N2OS2. The SMILES string of the molecule is CCSc1ccc2c(c1)SN(C)c1ccccc1C2NCCCOC. The second kappa shape index (κ2) is 8.99. The molecule has 0 saturated carbocycles. The van der Waals surface area contributed by atoms with Crippen LogP contribution in [0.5, 0.6) is 0 Å². The van der Waals surface area contributed by atoms with Gasteiger partial charge in [0.2, 0.25) is 0 Å². The Morgan fingerprint density at radius 1 is 1.20 bits per heavy atom. The molecule has 1 aliphatic heterocycles. The molecular weight excluding hydrogens is 348 g/mol. The van der Waals surface area contributed by atoms with Gasteiger partial charge in [-0.1, -0.05) is 31.2 Å². The first-order valence-corrected chi connectivity index (χ1v) is 10.5. The molecule has 0 amide bonds. The van der Waals surface area contributed by atoms with Gasteiger partial charge in [-0.15, -0.1) is 11.8 Å². The molecule has 3 rings (SSSR count). The van der Waals surface area contributed by atoms with Crippen molar-refractivity contribution in [2.75, 3.05) is 37.4 Å². The maximum atomic E-state index is 5.20. The Labute approximate surface area is 159 Å². The van der Waals surface area contributed by atoms with Crippen molar-refractivity contribution in [2.45, 2.75) is 29.2 Å². The topological polar surface area (TPSA) is 24.5 Å². The van der Waals surface area contributed by atoms with Crippen molar-refractivity contribution < 1.29 is 4.74 Å². The molecule has 25 heavy (non-hydrogen) atoms. The monoisotopic (exact) mass is 374 g/mol. The van der Waals surface area contributed by atoms with E-state index in [1.807, 2.05) is 23.7 Å². The van der Waals surface area contributed by atoms with E-state index in [2.05, 4.69) is 66.1 Å². The normalized spacial score (nSPS) is 16.3. The summed E-state index contributed by atoms with van der Waals surface area (Å²) in [5, 5.41) is 3.75. The molecule has 0 radical (unpaired) electrons. The van der Waals surface area contributed by atoms with Gasteiger partial charge >= 0.3 is 0 Å². The predicted octanol–water partition coefficient (Wildman–Crippen LogP) is 4.97. The van der Waals surface area contributed by atoms with Crippen molar-refractivity contribution >= 4 is 29.4 Å². The standard InChI is InChI=1S/C20H26N2OS2/c1-4-24-15-10-11-17-19(14-15)25-22(2)18-9-6-5-8-16(18)20(17)21-12-7-13-23-3/h5-6,8-11,14,20-21H,4,7,12-13H2,1-3H3. The number of hydrogen-bond donors (Lipinski definition) is 1. The van der Waals surface area contributed by atoms with E-state index in [0.717, 1.165) is 25.3 Å². The van der Waals surface area contributed by atoms with Crippen molar-refractivity contribution in [3.05, 3.63) is 53.6 Å². The van der Waals surface area contributed by atoms with E-state index >= 15 is 0 Å². The van der Waals surface area contributed by atoms with Crippen molar-refractivity contribution in [3.8, 4) is 0 Å². The summed E-state index contributed by atoms with van der Waals surface area (Å²) < 4.78 is 7.48. The highest BCUT2D eigenvalue weighted by molar-refractivity contribution is 8.01. The number of methoxy groups -OCH3 is 1. The van der Waals surface area contributed by atoms with Crippen LogP contribution in [0.25, 0.3) is 0 Å². The molecule has 0 saturated heterocycles. The molecule has 2 aromatic carbocycles. The summed E-state index contributed by atoms with van der Waals surface area (Å²) in [7, 11) is 3.91. The van der Waals surface area contributed by atoms with Gasteiger partial charge in [0.25, 0.3) is 0 Å². The summed E-state index contributed by atoms with van der Waals surface area (Å²) in [4.78, 5) is 2.67. The molecule has 0 bridgehead atoms. The van der Waals surface area contributed by atoms with Crippen LogP contribution in [-0.4, -0.2) is 33.1 Å². The molecule has 0 fully saturated rings. The van der Waals surface area contributed by atoms with Gasteiger partial charge in [0.1, 0.15) is 0 Å². The zero-order valence-electron chi connectivity index (χ0n) is 15.1. The first-order chi connectivity index (χ1) is 12.2. The van der Waals surface area contributed by atoms with Gasteiger partial charge in [-0.2, -0.15) is 0 Å². The highest BCUT2D eigenvalue weighted by atomic mass is 32.2. The average molecular weight is 375 g/mol. The number of nitrogens with zero attached hydrogens (tertiary/aromatic N) is 1. The second-order valence-electron chi connectivity index (χ2n) is 6.01. The molecule has 0 aliphatic carbocycles. The van der Waals surface area contributed by atoms with Gasteiger partial charge in [0.15, 0.2) is 0 Å². The van der Waals surface area contributed by atoms with Gasteiger partial charge in [-0.25, -0.2) is 0 Å². The molecule has 1 aliphatic rings. The second-order valence-corrected chi connectivity index (χ2v) is 8.52. The number of ether oxygens (including phenoxy) is 1. The van der Waals surface area contributed by atoms with Crippen LogP contribution < -0.4 is 9.62 Å². The van der Waals surface area contributed by atoms with Crippen LogP contribution in [0.4, 0.5) is 5.69 Å². The highest BCUT2D eigenvalue weighted by Gasteiger charge is 2.26. The fourth-order valence-corrected chi connectivity index (χ4v) is 4.96. The van der Waals surface area contributed by atoms with Crippen LogP contribution in [0.1, 0.15) is 30.5 Å². The molecule has 1 heterocycles. The fraction of sp³-hybridized carbons (Fsp3) is 0.400. The Morgan fingerprint density at radius 2 is 2.04 bits per heavy atom. The first kappa shape index (κ1) is 18.6. The van der Waals surface area contributed by atoms with E-state index in [9.17, 15) is 0 Å². The predicted molar refractivity (Wildman–Crippen MR) is 110 cm³/mol. The largest absolute Gasteiger partial charge is 0.385 e. The number of anilines is 1. The summed E-state index contributed by atoms with van der Waals surface area (Å²) in [6.45, 7) is 3.92. The third-order valence-electron chi connectivity index (χ3n) is 4.30. The smallest absolute Gasteiger partial charge is 0.0609 e. The molecule has 3 nitrogen and oxygen atoms in total. The van der Waals surface area contributed by atoms with Crippen LogP contribution in [0.2, 0.25) is 0 Å². The summed E-state index contributed by atoms with van der Waals surface area (Å²) in [6, 6.07) is 15.8. The minimum absolute atomic E-state index is 0.209. The van der Waals surface area contributed by atoms with Gasteiger partial charge < -0.3 is 14.4 Å². The van der Waals surface area contributed by atoms with E-state index in [0.29, 0.717) is 0 Å². The number of benzene rings is 2. The van der Waals surface area contributed by atoms with E-state index in [1.165, 1.54) is 26.6 Å². The zero-order chi connectivity index (χ0) is 17.6. The molecule has 0 aromatic heterocycles. The summed E-state index contributed by atoms with van der Waals surface area (Å²) >= 11 is 3.72. The van der Waals surface area contributed by atoms with Crippen molar-refractivity contribution in [3.63, 3.8) is 0 Å². The van der Waals surface area contributed by atoms with Gasteiger partial charge in [-0.05, 0) is 60.0 Å².